The molecule has 0 aliphatic heterocycles. The number of hydrogen-bond acceptors (Lipinski definition) is 6. The van der Waals surface area contributed by atoms with E-state index in [1.54, 1.807) is 6.92 Å². The highest BCUT2D eigenvalue weighted by Crippen LogP contribution is 2.23. The normalized spacial score (nSPS) is 12.4. The van der Waals surface area contributed by atoms with Gasteiger partial charge in [0.05, 0.1) is 5.56 Å². The Morgan fingerprint density at radius 3 is 2.40 bits per heavy atom. The van der Waals surface area contributed by atoms with Gasteiger partial charge in [-0.15, -0.1) is 13.2 Å². The van der Waals surface area contributed by atoms with Crippen molar-refractivity contribution in [3.63, 3.8) is 0 Å². The molecule has 7 nitrogen and oxygen atoms in total. The van der Waals surface area contributed by atoms with Crippen LogP contribution in [0, 0.1) is 6.92 Å². The third kappa shape index (κ3) is 5.52. The summed E-state index contributed by atoms with van der Waals surface area (Å²) in [7, 11) is 0. The van der Waals surface area contributed by atoms with Crippen LogP contribution in [0.2, 0.25) is 0 Å². The number of amides is 1. The van der Waals surface area contributed by atoms with Gasteiger partial charge in [0, 0.05) is 6.07 Å². The summed E-state index contributed by atoms with van der Waals surface area (Å²) in [6, 6.07) is 5.59. The molecule has 2 aromatic rings. The van der Waals surface area contributed by atoms with Gasteiger partial charge in [0.2, 0.25) is 0 Å². The third-order valence-electron chi connectivity index (χ3n) is 2.86. The molecule has 0 saturated heterocycles. The van der Waals surface area contributed by atoms with Crippen molar-refractivity contribution in [2.24, 2.45) is 0 Å². The number of carbonyl (C=O) groups is 2. The van der Waals surface area contributed by atoms with E-state index in [-0.39, 0.29) is 11.4 Å². The van der Waals surface area contributed by atoms with Crippen LogP contribution in [0.15, 0.2) is 34.9 Å². The van der Waals surface area contributed by atoms with Crippen molar-refractivity contribution in [1.82, 2.24) is 5.16 Å². The maximum Gasteiger partial charge on any atom is 0.573 e. The van der Waals surface area contributed by atoms with Crippen LogP contribution in [-0.4, -0.2) is 29.5 Å². The van der Waals surface area contributed by atoms with Crippen LogP contribution >= 0.6 is 0 Å². The third-order valence-corrected chi connectivity index (χ3v) is 2.86. The lowest BCUT2D eigenvalue weighted by molar-refractivity contribution is -0.274. The minimum atomic E-state index is -4.83. The zero-order chi connectivity index (χ0) is 18.6. The molecule has 1 N–H and O–H groups in total. The van der Waals surface area contributed by atoms with Crippen molar-refractivity contribution in [1.29, 1.82) is 0 Å². The standard InChI is InChI=1S/C15H13F3N2O5/c1-8-7-12(20-25-8)19-13(21)9(2)23-14(22)10-3-5-11(6-4-10)24-15(16,17)18/h3-7,9H,1-2H3,(H,19,20,21)/t9-/m0/s1. The highest BCUT2D eigenvalue weighted by molar-refractivity contribution is 5.96. The van der Waals surface area contributed by atoms with Crippen LogP contribution in [-0.2, 0) is 9.53 Å². The number of rotatable bonds is 5. The van der Waals surface area contributed by atoms with E-state index >= 15 is 0 Å². The number of alkyl halides is 3. The Morgan fingerprint density at radius 2 is 1.88 bits per heavy atom. The first-order valence-corrected chi connectivity index (χ1v) is 6.95. The van der Waals surface area contributed by atoms with Gasteiger partial charge in [-0.2, -0.15) is 0 Å². The average molecular weight is 358 g/mol. The lowest BCUT2D eigenvalue weighted by Gasteiger charge is -2.13. The number of ether oxygens (including phenoxy) is 2. The molecular formula is C15H13F3N2O5. The molecule has 0 bridgehead atoms. The first-order chi connectivity index (χ1) is 11.6. The van der Waals surface area contributed by atoms with Crippen molar-refractivity contribution in [3.8, 4) is 5.75 Å². The monoisotopic (exact) mass is 358 g/mol. The maximum absolute atomic E-state index is 12.1. The fourth-order valence-corrected chi connectivity index (χ4v) is 1.73. The predicted octanol–water partition coefficient (Wildman–Crippen LogP) is 3.07. The Bertz CT molecular complexity index is 755. The Kier molecular flexibility index (Phi) is 5.30. The molecule has 25 heavy (non-hydrogen) atoms. The molecular weight excluding hydrogens is 345 g/mol. The van der Waals surface area contributed by atoms with E-state index in [2.05, 4.69) is 15.2 Å². The van der Waals surface area contributed by atoms with E-state index in [0.29, 0.717) is 5.76 Å². The van der Waals surface area contributed by atoms with Crippen LogP contribution < -0.4 is 10.1 Å². The molecule has 1 heterocycles. The van der Waals surface area contributed by atoms with Gasteiger partial charge in [-0.05, 0) is 38.1 Å². The molecule has 10 heteroatoms. The Morgan fingerprint density at radius 1 is 1.24 bits per heavy atom. The lowest BCUT2D eigenvalue weighted by atomic mass is 10.2. The molecule has 134 valence electrons. The zero-order valence-electron chi connectivity index (χ0n) is 13.1. The summed E-state index contributed by atoms with van der Waals surface area (Å²) >= 11 is 0. The topological polar surface area (TPSA) is 90.7 Å². The van der Waals surface area contributed by atoms with Crippen molar-refractivity contribution < 1.29 is 36.8 Å². The second kappa shape index (κ2) is 7.24. The molecule has 0 aliphatic carbocycles. The van der Waals surface area contributed by atoms with Crippen LogP contribution in [0.4, 0.5) is 19.0 Å². The molecule has 0 spiro atoms. The van der Waals surface area contributed by atoms with Gasteiger partial charge in [-0.1, -0.05) is 5.16 Å². The predicted molar refractivity (Wildman–Crippen MR) is 77.9 cm³/mol. The van der Waals surface area contributed by atoms with Crippen LogP contribution in [0.1, 0.15) is 23.0 Å². The van der Waals surface area contributed by atoms with Gasteiger partial charge in [0.1, 0.15) is 11.5 Å². The number of esters is 1. The van der Waals surface area contributed by atoms with Crippen molar-refractivity contribution in [3.05, 3.63) is 41.7 Å². The van der Waals surface area contributed by atoms with Crippen molar-refractivity contribution in [2.45, 2.75) is 26.3 Å². The van der Waals surface area contributed by atoms with Gasteiger partial charge < -0.3 is 19.3 Å². The number of anilines is 1. The number of carbonyl (C=O) groups excluding carboxylic acids is 2. The number of nitrogens with one attached hydrogen (secondary N) is 1. The molecule has 2 rings (SSSR count). The van der Waals surface area contributed by atoms with Gasteiger partial charge >= 0.3 is 12.3 Å². The van der Waals surface area contributed by atoms with E-state index in [1.165, 1.54) is 13.0 Å². The van der Waals surface area contributed by atoms with Crippen LogP contribution in [0.25, 0.3) is 0 Å². The molecule has 0 radical (unpaired) electrons. The van der Waals surface area contributed by atoms with E-state index in [4.69, 9.17) is 9.26 Å². The Balaban J connectivity index is 1.93. The number of nitrogens with zero attached hydrogens (tertiary/aromatic N) is 1. The van der Waals surface area contributed by atoms with Gasteiger partial charge in [-0.3, -0.25) is 4.79 Å². The summed E-state index contributed by atoms with van der Waals surface area (Å²) in [5.41, 5.74) is -0.0357. The minimum absolute atomic E-state index is 0.0357. The van der Waals surface area contributed by atoms with Gasteiger partial charge in [0.25, 0.3) is 5.91 Å². The molecule has 1 aromatic carbocycles. The van der Waals surface area contributed by atoms with Crippen molar-refractivity contribution >= 4 is 17.7 Å². The summed E-state index contributed by atoms with van der Waals surface area (Å²) in [5.74, 6) is -1.34. The Labute approximate surface area is 139 Å². The molecule has 0 fully saturated rings. The summed E-state index contributed by atoms with van der Waals surface area (Å²) in [6.45, 7) is 2.97. The largest absolute Gasteiger partial charge is 0.573 e. The zero-order valence-corrected chi connectivity index (χ0v) is 13.1. The summed E-state index contributed by atoms with van der Waals surface area (Å²) in [6.07, 6.45) is -5.98. The first-order valence-electron chi connectivity index (χ1n) is 6.95. The summed E-state index contributed by atoms with van der Waals surface area (Å²) in [4.78, 5) is 23.8. The van der Waals surface area contributed by atoms with Crippen LogP contribution in [0.3, 0.4) is 0 Å². The lowest BCUT2D eigenvalue weighted by Crippen LogP contribution is -2.30. The summed E-state index contributed by atoms with van der Waals surface area (Å²) < 4.78 is 49.6. The summed E-state index contributed by atoms with van der Waals surface area (Å²) in [5, 5.41) is 5.95. The number of benzene rings is 1. The quantitative estimate of drug-likeness (QED) is 0.826. The smallest absolute Gasteiger partial charge is 0.449 e. The second-order valence-electron chi connectivity index (χ2n) is 4.93. The van der Waals surface area contributed by atoms with E-state index < -0.39 is 30.1 Å². The van der Waals surface area contributed by atoms with Crippen molar-refractivity contribution in [2.75, 3.05) is 5.32 Å². The number of aryl methyl sites for hydroxylation is 1. The molecule has 0 aliphatic rings. The number of halogens is 3. The van der Waals surface area contributed by atoms with E-state index in [1.807, 2.05) is 0 Å². The van der Waals surface area contributed by atoms with E-state index in [0.717, 1.165) is 24.3 Å². The fraction of sp³-hybridized carbons (Fsp3) is 0.267. The maximum atomic E-state index is 12.1. The van der Waals surface area contributed by atoms with E-state index in [9.17, 15) is 22.8 Å². The van der Waals surface area contributed by atoms with Gasteiger partial charge in [0.15, 0.2) is 11.9 Å². The molecule has 0 saturated carbocycles. The second-order valence-corrected chi connectivity index (χ2v) is 4.93. The molecule has 1 aromatic heterocycles. The molecule has 1 amide bonds. The first kappa shape index (κ1) is 18.3. The fourth-order valence-electron chi connectivity index (χ4n) is 1.73. The highest BCUT2D eigenvalue weighted by Gasteiger charge is 2.31. The SMILES string of the molecule is Cc1cc(NC(=O)[C@H](C)OC(=O)c2ccc(OC(F)(F)F)cc2)no1. The number of hydrogen-bond donors (Lipinski definition) is 1. The molecule has 1 atom stereocenters. The number of aromatic nitrogens is 1. The Hall–Kier alpha value is -3.04. The highest BCUT2D eigenvalue weighted by atomic mass is 19.4. The average Bonchev–Trinajstić information content (AvgIpc) is 2.91. The molecule has 0 unspecified atom stereocenters. The minimum Gasteiger partial charge on any atom is -0.449 e. The van der Waals surface area contributed by atoms with Crippen LogP contribution in [0.5, 0.6) is 5.75 Å². The van der Waals surface area contributed by atoms with Gasteiger partial charge in [-0.25, -0.2) is 4.79 Å².